The first-order chi connectivity index (χ1) is 9.92. The molecule has 0 aliphatic carbocycles. The third kappa shape index (κ3) is 4.33. The van der Waals surface area contributed by atoms with Crippen LogP contribution >= 0.6 is 27.3 Å². The molecule has 4 nitrogen and oxygen atoms in total. The van der Waals surface area contributed by atoms with Crippen LogP contribution in [0.2, 0.25) is 0 Å². The van der Waals surface area contributed by atoms with E-state index in [0.29, 0.717) is 12.1 Å². The van der Waals surface area contributed by atoms with E-state index in [-0.39, 0.29) is 11.4 Å². The molecule has 0 saturated heterocycles. The molecule has 1 heterocycles. The SMILES string of the molecule is CNCc1ccc(F)c(S(=O)(=O)NCc2ccc(Br)s2)c1. The van der Waals surface area contributed by atoms with Crippen LogP contribution in [0.25, 0.3) is 0 Å². The second-order valence-electron chi connectivity index (χ2n) is 4.33. The molecular formula is C13H14BrFN2O2S2. The van der Waals surface area contributed by atoms with Crippen molar-refractivity contribution in [1.29, 1.82) is 0 Å². The van der Waals surface area contributed by atoms with Crippen molar-refractivity contribution in [3.8, 4) is 0 Å². The summed E-state index contributed by atoms with van der Waals surface area (Å²) >= 11 is 4.74. The van der Waals surface area contributed by atoms with E-state index in [4.69, 9.17) is 0 Å². The van der Waals surface area contributed by atoms with E-state index >= 15 is 0 Å². The average molecular weight is 393 g/mol. The van der Waals surface area contributed by atoms with Gasteiger partial charge < -0.3 is 5.32 Å². The summed E-state index contributed by atoms with van der Waals surface area (Å²) in [5.41, 5.74) is 0.707. The minimum absolute atomic E-state index is 0.133. The highest BCUT2D eigenvalue weighted by atomic mass is 79.9. The molecule has 8 heteroatoms. The minimum Gasteiger partial charge on any atom is -0.316 e. The third-order valence-electron chi connectivity index (χ3n) is 2.73. The lowest BCUT2D eigenvalue weighted by Gasteiger charge is -2.09. The lowest BCUT2D eigenvalue weighted by Crippen LogP contribution is -2.24. The van der Waals surface area contributed by atoms with Gasteiger partial charge in [-0.15, -0.1) is 11.3 Å². The Labute approximate surface area is 135 Å². The molecule has 0 spiro atoms. The lowest BCUT2D eigenvalue weighted by molar-refractivity contribution is 0.556. The summed E-state index contributed by atoms with van der Waals surface area (Å²) in [6.07, 6.45) is 0. The van der Waals surface area contributed by atoms with Crippen molar-refractivity contribution in [2.24, 2.45) is 0 Å². The topological polar surface area (TPSA) is 58.2 Å². The maximum absolute atomic E-state index is 13.8. The summed E-state index contributed by atoms with van der Waals surface area (Å²) in [5.74, 6) is -0.755. The van der Waals surface area contributed by atoms with Gasteiger partial charge in [-0.1, -0.05) is 6.07 Å². The predicted octanol–water partition coefficient (Wildman–Crippen LogP) is 2.85. The van der Waals surface area contributed by atoms with Gasteiger partial charge in [-0.3, -0.25) is 0 Å². The molecule has 2 aromatic rings. The molecule has 1 aromatic carbocycles. The van der Waals surface area contributed by atoms with E-state index in [1.165, 1.54) is 23.5 Å². The quantitative estimate of drug-likeness (QED) is 0.794. The minimum atomic E-state index is -3.88. The van der Waals surface area contributed by atoms with Crippen molar-refractivity contribution < 1.29 is 12.8 Å². The molecule has 2 N–H and O–H groups in total. The monoisotopic (exact) mass is 392 g/mol. The van der Waals surface area contributed by atoms with Gasteiger partial charge in [0.1, 0.15) is 10.7 Å². The molecule has 114 valence electrons. The van der Waals surface area contributed by atoms with Crippen LogP contribution in [0.3, 0.4) is 0 Å². The Morgan fingerprint density at radius 1 is 1.24 bits per heavy atom. The molecule has 21 heavy (non-hydrogen) atoms. The number of benzene rings is 1. The zero-order valence-corrected chi connectivity index (χ0v) is 14.4. The largest absolute Gasteiger partial charge is 0.316 e. The Hall–Kier alpha value is -0.800. The van der Waals surface area contributed by atoms with Crippen LogP contribution in [0.15, 0.2) is 39.0 Å². The van der Waals surface area contributed by atoms with Crippen molar-refractivity contribution >= 4 is 37.3 Å². The third-order valence-corrected chi connectivity index (χ3v) is 5.77. The van der Waals surface area contributed by atoms with E-state index in [2.05, 4.69) is 26.0 Å². The fourth-order valence-corrected chi connectivity index (χ4v) is 4.40. The number of hydrogen-bond donors (Lipinski definition) is 2. The molecule has 0 unspecified atom stereocenters. The lowest BCUT2D eigenvalue weighted by atomic mass is 10.2. The molecule has 0 aliphatic rings. The first-order valence-corrected chi connectivity index (χ1v) is 9.18. The van der Waals surface area contributed by atoms with Crippen LogP contribution in [0.4, 0.5) is 4.39 Å². The van der Waals surface area contributed by atoms with E-state index in [1.807, 2.05) is 12.1 Å². The smallest absolute Gasteiger partial charge is 0.243 e. The van der Waals surface area contributed by atoms with Gasteiger partial charge in [0, 0.05) is 18.0 Å². The highest BCUT2D eigenvalue weighted by molar-refractivity contribution is 9.11. The van der Waals surface area contributed by atoms with Crippen LogP contribution in [-0.2, 0) is 23.1 Å². The Morgan fingerprint density at radius 3 is 2.62 bits per heavy atom. The molecule has 0 saturated carbocycles. The Bertz CT molecular complexity index is 732. The Kier molecular flexibility index (Phi) is 5.50. The van der Waals surface area contributed by atoms with Crippen LogP contribution < -0.4 is 10.0 Å². The van der Waals surface area contributed by atoms with Crippen molar-refractivity contribution in [3.63, 3.8) is 0 Å². The van der Waals surface area contributed by atoms with Gasteiger partial charge in [0.2, 0.25) is 10.0 Å². The normalized spacial score (nSPS) is 11.8. The molecule has 0 bridgehead atoms. The average Bonchev–Trinajstić information content (AvgIpc) is 2.85. The van der Waals surface area contributed by atoms with Gasteiger partial charge in [-0.25, -0.2) is 17.5 Å². The molecule has 1 aromatic heterocycles. The molecular weight excluding hydrogens is 379 g/mol. The maximum atomic E-state index is 13.8. The highest BCUT2D eigenvalue weighted by Gasteiger charge is 2.19. The van der Waals surface area contributed by atoms with Gasteiger partial charge in [-0.2, -0.15) is 0 Å². The standard InChI is InChI=1S/C13H14BrFN2O2S2/c1-16-7-9-2-4-11(15)12(6-9)21(18,19)17-8-10-3-5-13(14)20-10/h2-6,16-17H,7-8H2,1H3. The summed E-state index contributed by atoms with van der Waals surface area (Å²) in [5, 5.41) is 2.90. The summed E-state index contributed by atoms with van der Waals surface area (Å²) in [7, 11) is -2.14. The van der Waals surface area contributed by atoms with Crippen molar-refractivity contribution in [3.05, 3.63) is 50.4 Å². The second kappa shape index (κ2) is 6.97. The van der Waals surface area contributed by atoms with Crippen molar-refractivity contribution in [2.45, 2.75) is 18.0 Å². The van der Waals surface area contributed by atoms with Crippen LogP contribution in [0.1, 0.15) is 10.4 Å². The molecule has 0 fully saturated rings. The van der Waals surface area contributed by atoms with Crippen molar-refractivity contribution in [1.82, 2.24) is 10.0 Å². The number of halogens is 2. The molecule has 0 radical (unpaired) electrons. The van der Waals surface area contributed by atoms with Crippen LogP contribution in [0, 0.1) is 5.82 Å². The Morgan fingerprint density at radius 2 is 2.00 bits per heavy atom. The number of nitrogens with one attached hydrogen (secondary N) is 2. The molecule has 2 rings (SSSR count). The van der Waals surface area contributed by atoms with Gasteiger partial charge in [0.25, 0.3) is 0 Å². The number of sulfonamides is 1. The van der Waals surface area contributed by atoms with Crippen LogP contribution in [-0.4, -0.2) is 15.5 Å². The number of hydrogen-bond acceptors (Lipinski definition) is 4. The van der Waals surface area contributed by atoms with Crippen LogP contribution in [0.5, 0.6) is 0 Å². The zero-order valence-electron chi connectivity index (χ0n) is 11.2. The fourth-order valence-electron chi connectivity index (χ4n) is 1.76. The van der Waals surface area contributed by atoms with Gasteiger partial charge in [0.05, 0.1) is 3.79 Å². The zero-order chi connectivity index (χ0) is 15.5. The molecule has 0 amide bonds. The number of thiophene rings is 1. The first kappa shape index (κ1) is 16.6. The number of rotatable bonds is 6. The summed E-state index contributed by atoms with van der Waals surface area (Å²) in [6, 6.07) is 7.72. The highest BCUT2D eigenvalue weighted by Crippen LogP contribution is 2.23. The van der Waals surface area contributed by atoms with Crippen molar-refractivity contribution in [2.75, 3.05) is 7.05 Å². The second-order valence-corrected chi connectivity index (χ2v) is 8.61. The fraction of sp³-hybridized carbons (Fsp3) is 0.231. The summed E-state index contributed by atoms with van der Waals surface area (Å²) in [4.78, 5) is 0.517. The van der Waals surface area contributed by atoms with E-state index in [0.717, 1.165) is 8.66 Å². The molecule has 0 atom stereocenters. The Balaban J connectivity index is 2.20. The molecule has 0 aliphatic heterocycles. The van der Waals surface area contributed by atoms with E-state index in [1.54, 1.807) is 13.1 Å². The van der Waals surface area contributed by atoms with Gasteiger partial charge in [0.15, 0.2) is 0 Å². The van der Waals surface area contributed by atoms with E-state index < -0.39 is 15.8 Å². The maximum Gasteiger partial charge on any atom is 0.243 e. The van der Waals surface area contributed by atoms with Gasteiger partial charge in [-0.05, 0) is 52.8 Å². The summed E-state index contributed by atoms with van der Waals surface area (Å²) in [6.45, 7) is 0.606. The first-order valence-electron chi connectivity index (χ1n) is 6.09. The predicted molar refractivity (Wildman–Crippen MR) is 85.2 cm³/mol. The van der Waals surface area contributed by atoms with E-state index in [9.17, 15) is 12.8 Å². The van der Waals surface area contributed by atoms with Gasteiger partial charge >= 0.3 is 0 Å². The summed E-state index contributed by atoms with van der Waals surface area (Å²) < 4.78 is 41.5.